The zero-order valence-electron chi connectivity index (χ0n) is 12.1. The molecular weight excluding hydrogens is 308 g/mol. The summed E-state index contributed by atoms with van der Waals surface area (Å²) in [5.74, 6) is 5.96. The van der Waals surface area contributed by atoms with Crippen LogP contribution in [0, 0.1) is 11.8 Å². The van der Waals surface area contributed by atoms with Gasteiger partial charge < -0.3 is 16.8 Å². The topological polar surface area (TPSA) is 94.0 Å². The molecule has 0 spiro atoms. The summed E-state index contributed by atoms with van der Waals surface area (Å²) in [7, 11) is 0. The molecule has 0 aliphatic heterocycles. The largest absolute Gasteiger partial charge is 0.399 e. The summed E-state index contributed by atoms with van der Waals surface area (Å²) in [5, 5.41) is 3.71. The van der Waals surface area contributed by atoms with Crippen molar-refractivity contribution in [1.82, 2.24) is 4.98 Å². The average molecular weight is 322 g/mol. The lowest BCUT2D eigenvalue weighted by Gasteiger charge is -2.05. The van der Waals surface area contributed by atoms with Gasteiger partial charge in [-0.15, -0.1) is 0 Å². The van der Waals surface area contributed by atoms with Gasteiger partial charge in [-0.3, -0.25) is 4.79 Å². The quantitative estimate of drug-likeness (QED) is 0.457. The minimum absolute atomic E-state index is 0.169. The smallest absolute Gasteiger partial charge is 0.206 e. The first kappa shape index (κ1) is 14.9. The third-order valence-electron chi connectivity index (χ3n) is 3.14. The first-order valence-corrected chi connectivity index (χ1v) is 7.72. The summed E-state index contributed by atoms with van der Waals surface area (Å²) in [6.45, 7) is 0. The van der Waals surface area contributed by atoms with Crippen LogP contribution in [-0.2, 0) is 0 Å². The summed E-state index contributed by atoms with van der Waals surface area (Å²) < 4.78 is 0. The van der Waals surface area contributed by atoms with Crippen LogP contribution in [0.1, 0.15) is 15.2 Å². The molecule has 1 atom stereocenters. The van der Waals surface area contributed by atoms with E-state index in [0.717, 1.165) is 0 Å². The maximum Gasteiger partial charge on any atom is 0.206 e. The van der Waals surface area contributed by atoms with E-state index in [4.69, 9.17) is 11.5 Å². The average Bonchev–Trinajstić information content (AvgIpc) is 2.74. The fraction of sp³-hybridized carbons (Fsp3) is 0.0588. The molecule has 1 heterocycles. The number of nitrogens with two attached hydrogens (primary N) is 2. The molecule has 0 fully saturated rings. The first-order valence-electron chi connectivity index (χ1n) is 6.91. The number of ketones is 1. The van der Waals surface area contributed by atoms with Crippen molar-refractivity contribution >= 4 is 33.8 Å². The molecule has 1 unspecified atom stereocenters. The molecular formula is C17H14N4OS. The fourth-order valence-corrected chi connectivity index (χ4v) is 2.89. The molecule has 1 aromatic carbocycles. The van der Waals surface area contributed by atoms with Crippen molar-refractivity contribution in [3.8, 4) is 11.8 Å². The highest BCUT2D eigenvalue weighted by Crippen LogP contribution is 2.28. The molecule has 6 heteroatoms. The summed E-state index contributed by atoms with van der Waals surface area (Å²) in [6.07, 6.45) is 7.43. The Morgan fingerprint density at radius 3 is 2.78 bits per heavy atom. The lowest BCUT2D eigenvalue weighted by molar-refractivity contribution is 0.104. The van der Waals surface area contributed by atoms with Gasteiger partial charge in [-0.25, -0.2) is 4.98 Å². The molecule has 1 aromatic heterocycles. The molecule has 0 amide bonds. The number of carbonyl (C=O) groups excluding carboxylic acids is 1. The van der Waals surface area contributed by atoms with Crippen LogP contribution in [0.4, 0.5) is 16.6 Å². The van der Waals surface area contributed by atoms with Crippen LogP contribution >= 0.6 is 11.3 Å². The van der Waals surface area contributed by atoms with E-state index < -0.39 is 0 Å². The van der Waals surface area contributed by atoms with Crippen molar-refractivity contribution in [2.45, 2.75) is 6.04 Å². The number of nitrogen functional groups attached to an aromatic ring is 2. The molecule has 2 aromatic rings. The second kappa shape index (κ2) is 6.38. The van der Waals surface area contributed by atoms with E-state index in [1.807, 2.05) is 18.2 Å². The van der Waals surface area contributed by atoms with E-state index in [0.29, 0.717) is 21.3 Å². The number of carbonyl (C=O) groups is 1. The number of hydrogen-bond donors (Lipinski definition) is 3. The molecule has 0 bridgehead atoms. The van der Waals surface area contributed by atoms with Crippen LogP contribution in [0.3, 0.4) is 0 Å². The van der Waals surface area contributed by atoms with E-state index in [2.05, 4.69) is 22.1 Å². The minimum atomic E-state index is -0.171. The normalized spacial score (nSPS) is 15.6. The zero-order valence-corrected chi connectivity index (χ0v) is 12.9. The second-order valence-electron chi connectivity index (χ2n) is 4.84. The van der Waals surface area contributed by atoms with Crippen LogP contribution in [-0.4, -0.2) is 16.8 Å². The number of nitrogens with one attached hydrogen (secondary N) is 1. The standard InChI is InChI=1S/C17H14N4OS/c18-12-9-7-11(8-10-12)14(22)15-16(19)21-17(23-15)20-13-5-3-1-2-4-6-13/h1-3,5,7-10,13H,18-19H2,(H,20,21). The van der Waals surface area contributed by atoms with Crippen molar-refractivity contribution < 1.29 is 4.79 Å². The third kappa shape index (κ3) is 3.42. The Labute approximate surface area is 137 Å². The number of nitrogens with zero attached hydrogens (tertiary/aromatic N) is 1. The number of hydrogen-bond acceptors (Lipinski definition) is 6. The summed E-state index contributed by atoms with van der Waals surface area (Å²) >= 11 is 1.22. The number of rotatable bonds is 4. The maximum atomic E-state index is 12.5. The van der Waals surface area contributed by atoms with E-state index in [1.54, 1.807) is 30.3 Å². The van der Waals surface area contributed by atoms with E-state index in [1.165, 1.54) is 11.3 Å². The summed E-state index contributed by atoms with van der Waals surface area (Å²) in [6, 6.07) is 6.55. The SMILES string of the molecule is Nc1ccc(C(=O)c2sc(NC3C#CC=CC=C3)nc2N)cc1. The Morgan fingerprint density at radius 1 is 1.22 bits per heavy atom. The molecule has 5 nitrogen and oxygen atoms in total. The van der Waals surface area contributed by atoms with Gasteiger partial charge in [-0.2, -0.15) is 0 Å². The molecule has 114 valence electrons. The van der Waals surface area contributed by atoms with Crippen molar-refractivity contribution in [1.29, 1.82) is 0 Å². The van der Waals surface area contributed by atoms with Gasteiger partial charge in [-0.1, -0.05) is 41.4 Å². The van der Waals surface area contributed by atoms with Crippen molar-refractivity contribution in [2.75, 3.05) is 16.8 Å². The monoisotopic (exact) mass is 322 g/mol. The molecule has 3 rings (SSSR count). The van der Waals surface area contributed by atoms with Crippen LogP contribution in [0.2, 0.25) is 0 Å². The van der Waals surface area contributed by atoms with E-state index in [-0.39, 0.29) is 17.6 Å². The first-order chi connectivity index (χ1) is 11.1. The van der Waals surface area contributed by atoms with Crippen LogP contribution in [0.25, 0.3) is 0 Å². The Kier molecular flexibility index (Phi) is 4.13. The van der Waals surface area contributed by atoms with Crippen LogP contribution < -0.4 is 16.8 Å². The van der Waals surface area contributed by atoms with Crippen LogP contribution in [0.5, 0.6) is 0 Å². The Hall–Kier alpha value is -3.04. The lowest BCUT2D eigenvalue weighted by atomic mass is 10.1. The number of benzene rings is 1. The number of anilines is 3. The maximum absolute atomic E-state index is 12.5. The predicted octanol–water partition coefficient (Wildman–Crippen LogP) is 2.45. The highest BCUT2D eigenvalue weighted by Gasteiger charge is 2.18. The molecule has 0 saturated heterocycles. The van der Waals surface area contributed by atoms with Gasteiger partial charge in [0.2, 0.25) is 5.78 Å². The van der Waals surface area contributed by atoms with Crippen molar-refractivity contribution in [3.05, 3.63) is 59.0 Å². The Balaban J connectivity index is 1.81. The van der Waals surface area contributed by atoms with Gasteiger partial charge in [0.15, 0.2) is 5.13 Å². The van der Waals surface area contributed by atoms with Gasteiger partial charge in [0.25, 0.3) is 0 Å². The van der Waals surface area contributed by atoms with Gasteiger partial charge in [0, 0.05) is 11.3 Å². The van der Waals surface area contributed by atoms with Crippen LogP contribution in [0.15, 0.2) is 48.6 Å². The lowest BCUT2D eigenvalue weighted by Crippen LogP contribution is -2.13. The van der Waals surface area contributed by atoms with Gasteiger partial charge in [-0.05, 0) is 30.3 Å². The van der Waals surface area contributed by atoms with E-state index >= 15 is 0 Å². The van der Waals surface area contributed by atoms with Crippen molar-refractivity contribution in [3.63, 3.8) is 0 Å². The predicted molar refractivity (Wildman–Crippen MR) is 94.3 cm³/mol. The minimum Gasteiger partial charge on any atom is -0.399 e. The molecule has 1 aliphatic rings. The molecule has 0 saturated carbocycles. The number of allylic oxidation sites excluding steroid dienone is 3. The molecule has 1 aliphatic carbocycles. The molecule has 23 heavy (non-hydrogen) atoms. The number of thiazole rings is 1. The summed E-state index contributed by atoms with van der Waals surface area (Å²) in [5.41, 5.74) is 12.7. The highest BCUT2D eigenvalue weighted by molar-refractivity contribution is 7.18. The third-order valence-corrected chi connectivity index (χ3v) is 4.15. The van der Waals surface area contributed by atoms with Crippen molar-refractivity contribution in [2.24, 2.45) is 0 Å². The second-order valence-corrected chi connectivity index (χ2v) is 5.84. The Morgan fingerprint density at radius 2 is 2.00 bits per heavy atom. The summed E-state index contributed by atoms with van der Waals surface area (Å²) in [4.78, 5) is 17.1. The van der Waals surface area contributed by atoms with Gasteiger partial charge in [0.1, 0.15) is 16.7 Å². The zero-order chi connectivity index (χ0) is 16.2. The van der Waals surface area contributed by atoms with E-state index in [9.17, 15) is 4.79 Å². The molecule has 0 radical (unpaired) electrons. The highest BCUT2D eigenvalue weighted by atomic mass is 32.1. The van der Waals surface area contributed by atoms with Gasteiger partial charge >= 0.3 is 0 Å². The molecule has 5 N–H and O–H groups in total. The Bertz CT molecular complexity index is 853. The fourth-order valence-electron chi connectivity index (χ4n) is 2.00. The number of aromatic nitrogens is 1. The van der Waals surface area contributed by atoms with Gasteiger partial charge in [0.05, 0.1) is 0 Å².